The smallest absolute Gasteiger partial charge is 0.260 e. The van der Waals surface area contributed by atoms with Gasteiger partial charge in [0.05, 0.1) is 53.8 Å². The minimum absolute atomic E-state index is 0.0414. The van der Waals surface area contributed by atoms with Gasteiger partial charge in [0, 0.05) is 28.1 Å². The van der Waals surface area contributed by atoms with Gasteiger partial charge < -0.3 is 14.6 Å². The van der Waals surface area contributed by atoms with Crippen molar-refractivity contribution >= 4 is 64.0 Å². The van der Waals surface area contributed by atoms with Gasteiger partial charge in [0.2, 0.25) is 11.8 Å². The summed E-state index contributed by atoms with van der Waals surface area (Å²) in [6.45, 7) is 1.44. The lowest BCUT2D eigenvalue weighted by molar-refractivity contribution is -0.138. The Labute approximate surface area is 326 Å². The maximum atomic E-state index is 15.4. The van der Waals surface area contributed by atoms with Gasteiger partial charge in [-0.1, -0.05) is 53.1 Å². The number of nitrogens with zero attached hydrogens (tertiary/aromatic N) is 2. The van der Waals surface area contributed by atoms with Crippen LogP contribution in [-0.4, -0.2) is 53.7 Å². The number of hydrazine groups is 1. The summed E-state index contributed by atoms with van der Waals surface area (Å²) in [6.07, 6.45) is 2.13. The number of carbonyl (C=O) groups excluding carboxylic acids is 5. The molecule has 55 heavy (non-hydrogen) atoms. The first kappa shape index (κ1) is 36.3. The van der Waals surface area contributed by atoms with Crippen LogP contribution in [0.2, 0.25) is 10.0 Å². The third-order valence-corrected chi connectivity index (χ3v) is 12.2. The number of hydrogen-bond donors (Lipinski definition) is 2. The summed E-state index contributed by atoms with van der Waals surface area (Å²) in [7, 11) is 2.99. The molecule has 3 fully saturated rings. The number of carbonyl (C=O) groups is 5. The number of rotatable bonds is 8. The summed E-state index contributed by atoms with van der Waals surface area (Å²) in [5, 5.41) is 13.2. The van der Waals surface area contributed by atoms with E-state index in [0.29, 0.717) is 44.5 Å². The van der Waals surface area contributed by atoms with Crippen molar-refractivity contribution in [3.8, 4) is 17.2 Å². The topological polar surface area (TPSA) is 143 Å². The SMILES string of the molecule is COc1ccc(C23C(=O)N(Nc4ccc(Cl)cc4Cl)C(=O)C2CC2C(=CCC4C(=O)N(c5ccc(C(C)=O)cc5)C(=O)C42)C3c2ccc(OC)cc2O)cc1. The van der Waals surface area contributed by atoms with E-state index in [2.05, 4.69) is 5.43 Å². The van der Waals surface area contributed by atoms with Crippen LogP contribution in [0.25, 0.3) is 0 Å². The van der Waals surface area contributed by atoms with Gasteiger partial charge >= 0.3 is 0 Å². The summed E-state index contributed by atoms with van der Waals surface area (Å²) < 4.78 is 10.9. The molecule has 8 rings (SSSR count). The van der Waals surface area contributed by atoms with E-state index in [4.69, 9.17) is 32.7 Å². The van der Waals surface area contributed by atoms with Crippen molar-refractivity contribution in [1.29, 1.82) is 0 Å². The zero-order chi connectivity index (χ0) is 38.9. The van der Waals surface area contributed by atoms with Crippen molar-refractivity contribution in [1.82, 2.24) is 5.01 Å². The van der Waals surface area contributed by atoms with Gasteiger partial charge in [-0.3, -0.25) is 34.3 Å². The fraction of sp³-hybridized carbons (Fsp3) is 0.262. The molecule has 6 unspecified atom stereocenters. The maximum Gasteiger partial charge on any atom is 0.260 e. The van der Waals surface area contributed by atoms with Crippen LogP contribution in [0.5, 0.6) is 17.2 Å². The molecule has 2 N–H and O–H groups in total. The van der Waals surface area contributed by atoms with Gasteiger partial charge in [-0.05, 0) is 91.9 Å². The summed E-state index contributed by atoms with van der Waals surface area (Å²) in [6, 6.07) is 22.6. The highest BCUT2D eigenvalue weighted by Crippen LogP contribution is 2.65. The second kappa shape index (κ2) is 13.6. The van der Waals surface area contributed by atoms with Crippen molar-refractivity contribution in [3.63, 3.8) is 0 Å². The maximum absolute atomic E-state index is 15.4. The number of fused-ring (bicyclic) bond motifs is 4. The minimum Gasteiger partial charge on any atom is -0.508 e. The summed E-state index contributed by atoms with van der Waals surface area (Å²) in [5.41, 5.74) is 3.86. The lowest BCUT2D eigenvalue weighted by atomic mass is 9.49. The summed E-state index contributed by atoms with van der Waals surface area (Å²) in [5.74, 6) is -5.74. The molecule has 0 bridgehead atoms. The van der Waals surface area contributed by atoms with E-state index in [1.165, 1.54) is 38.2 Å². The molecule has 0 radical (unpaired) electrons. The van der Waals surface area contributed by atoms with Crippen molar-refractivity contribution in [3.05, 3.63) is 123 Å². The van der Waals surface area contributed by atoms with Gasteiger partial charge in [-0.15, -0.1) is 0 Å². The Morgan fingerprint density at radius 3 is 2.16 bits per heavy atom. The van der Waals surface area contributed by atoms with Crippen LogP contribution in [0, 0.1) is 23.7 Å². The first-order valence-electron chi connectivity index (χ1n) is 17.7. The van der Waals surface area contributed by atoms with E-state index in [1.807, 2.05) is 6.08 Å². The van der Waals surface area contributed by atoms with Crippen molar-refractivity contribution in [2.75, 3.05) is 24.5 Å². The number of ketones is 1. The highest BCUT2D eigenvalue weighted by atomic mass is 35.5. The monoisotopic (exact) mass is 779 g/mol. The summed E-state index contributed by atoms with van der Waals surface area (Å²) >= 11 is 12.7. The molecule has 4 aromatic rings. The lowest BCUT2D eigenvalue weighted by Gasteiger charge is -2.50. The molecule has 0 aromatic heterocycles. The molecule has 2 aliphatic heterocycles. The standard InChI is InChI=1S/C42H35Cl2N3O8/c1-21(48)22-4-9-25(10-5-22)46-38(50)30-16-15-28-31(36(30)40(46)52)20-32-39(51)47(45-34-17-8-24(43)18-33(34)44)41(53)42(32,23-6-11-26(54-2)12-7-23)37(28)29-14-13-27(55-3)19-35(29)49/h4-15,17-19,30-32,36-37,45,49H,16,20H2,1-3H3. The van der Waals surface area contributed by atoms with Gasteiger partial charge in [-0.25, -0.2) is 0 Å². The molecule has 0 spiro atoms. The number of phenols is 1. The zero-order valence-electron chi connectivity index (χ0n) is 29.9. The fourth-order valence-electron chi connectivity index (χ4n) is 9.18. The number of hydrogen-bond acceptors (Lipinski definition) is 9. The molecule has 1 saturated carbocycles. The Hall–Kier alpha value is -5.65. The van der Waals surface area contributed by atoms with Gasteiger partial charge in [-0.2, -0.15) is 5.01 Å². The number of anilines is 2. The van der Waals surface area contributed by atoms with Crippen LogP contribution in [0.3, 0.4) is 0 Å². The first-order valence-corrected chi connectivity index (χ1v) is 18.5. The number of ether oxygens (including phenoxy) is 2. The van der Waals surface area contributed by atoms with Crippen molar-refractivity contribution < 1.29 is 38.6 Å². The van der Waals surface area contributed by atoms with Crippen molar-refractivity contribution in [2.45, 2.75) is 31.1 Å². The number of aromatic hydroxyl groups is 1. The molecule has 6 atom stereocenters. The van der Waals surface area contributed by atoms with Crippen LogP contribution < -0.4 is 19.8 Å². The molecular weight excluding hydrogens is 745 g/mol. The van der Waals surface area contributed by atoms with Gasteiger partial charge in [0.15, 0.2) is 5.78 Å². The number of allylic oxidation sites excluding steroid dienone is 2. The Morgan fingerprint density at radius 2 is 1.53 bits per heavy atom. The predicted molar refractivity (Wildman–Crippen MR) is 204 cm³/mol. The number of methoxy groups -OCH3 is 2. The minimum atomic E-state index is -1.65. The number of imide groups is 2. The molecule has 13 heteroatoms. The molecule has 4 aromatic carbocycles. The molecule has 280 valence electrons. The number of amides is 4. The third-order valence-electron chi connectivity index (χ3n) is 11.7. The predicted octanol–water partition coefficient (Wildman–Crippen LogP) is 7.11. The molecular formula is C42H35Cl2N3O8. The third kappa shape index (κ3) is 5.51. The highest BCUT2D eigenvalue weighted by molar-refractivity contribution is 6.36. The Balaban J connectivity index is 1.32. The second-order valence-corrected chi connectivity index (χ2v) is 15.1. The average molecular weight is 781 g/mol. The van der Waals surface area contributed by atoms with Gasteiger partial charge in [0.25, 0.3) is 11.8 Å². The van der Waals surface area contributed by atoms with Crippen LogP contribution in [0.15, 0.2) is 96.6 Å². The van der Waals surface area contributed by atoms with E-state index >= 15 is 4.79 Å². The van der Waals surface area contributed by atoms with E-state index in [-0.39, 0.29) is 41.0 Å². The van der Waals surface area contributed by atoms with Crippen LogP contribution in [-0.2, 0) is 24.6 Å². The van der Waals surface area contributed by atoms with E-state index in [1.54, 1.807) is 72.8 Å². The molecule has 2 heterocycles. The lowest BCUT2D eigenvalue weighted by Crippen LogP contribution is -2.53. The molecule has 2 aliphatic carbocycles. The highest BCUT2D eigenvalue weighted by Gasteiger charge is 2.70. The zero-order valence-corrected chi connectivity index (χ0v) is 31.4. The van der Waals surface area contributed by atoms with E-state index in [9.17, 15) is 24.3 Å². The fourth-order valence-corrected chi connectivity index (χ4v) is 9.63. The van der Waals surface area contributed by atoms with Crippen LogP contribution in [0.1, 0.15) is 47.2 Å². The Kier molecular flexibility index (Phi) is 8.97. The van der Waals surface area contributed by atoms with E-state index < -0.39 is 52.7 Å². The Morgan fingerprint density at radius 1 is 0.836 bits per heavy atom. The largest absolute Gasteiger partial charge is 0.508 e. The van der Waals surface area contributed by atoms with Gasteiger partial charge in [0.1, 0.15) is 17.2 Å². The molecule has 4 amide bonds. The number of benzene rings is 4. The molecule has 4 aliphatic rings. The van der Waals surface area contributed by atoms with Crippen LogP contribution in [0.4, 0.5) is 11.4 Å². The van der Waals surface area contributed by atoms with E-state index in [0.717, 1.165) is 5.01 Å². The normalized spacial score (nSPS) is 25.6. The quantitative estimate of drug-likeness (QED) is 0.109. The number of halogens is 2. The molecule has 11 nitrogen and oxygen atoms in total. The average Bonchev–Trinajstić information content (AvgIpc) is 3.56. The van der Waals surface area contributed by atoms with Crippen LogP contribution >= 0.6 is 23.2 Å². The second-order valence-electron chi connectivity index (χ2n) is 14.3. The first-order chi connectivity index (χ1) is 26.4. The molecule has 2 saturated heterocycles. The number of nitrogens with one attached hydrogen (secondary N) is 1. The number of phenolic OH excluding ortho intramolecular Hbond substituents is 1. The summed E-state index contributed by atoms with van der Waals surface area (Å²) in [4.78, 5) is 72.2. The number of Topliss-reactive ketones (excluding diaryl/α,β-unsaturated/α-hetero) is 1. The van der Waals surface area contributed by atoms with Crippen molar-refractivity contribution in [2.24, 2.45) is 23.7 Å². The Bertz CT molecular complexity index is 2330.